The van der Waals surface area contributed by atoms with E-state index in [2.05, 4.69) is 37.6 Å². The van der Waals surface area contributed by atoms with Gasteiger partial charge in [-0.25, -0.2) is 0 Å². The summed E-state index contributed by atoms with van der Waals surface area (Å²) in [5, 5.41) is 0. The summed E-state index contributed by atoms with van der Waals surface area (Å²) < 4.78 is 5.61. The molecular weight excluding hydrogens is 198 g/mol. The SMILES string of the molecule is C=C(C)CCN(C)COCc1ccccc1. The molecule has 0 saturated heterocycles. The standard InChI is InChI=1S/C14H21NO/c1-13(2)9-10-15(3)12-16-11-14-7-5-4-6-8-14/h4-8H,1,9-12H2,2-3H3. The molecule has 0 saturated carbocycles. The summed E-state index contributed by atoms with van der Waals surface area (Å²) in [4.78, 5) is 2.16. The fourth-order valence-electron chi connectivity index (χ4n) is 1.34. The Balaban J connectivity index is 2.13. The van der Waals surface area contributed by atoms with Gasteiger partial charge in [-0.15, -0.1) is 6.58 Å². The summed E-state index contributed by atoms with van der Waals surface area (Å²) in [6, 6.07) is 10.2. The summed E-state index contributed by atoms with van der Waals surface area (Å²) in [6.07, 6.45) is 1.03. The molecule has 0 unspecified atom stereocenters. The Bertz CT molecular complexity index is 308. The summed E-state index contributed by atoms with van der Waals surface area (Å²) in [7, 11) is 2.06. The average Bonchev–Trinajstić information content (AvgIpc) is 2.28. The van der Waals surface area contributed by atoms with E-state index in [1.165, 1.54) is 11.1 Å². The molecule has 0 spiro atoms. The number of rotatable bonds is 7. The Kier molecular flexibility index (Phi) is 5.83. The Hall–Kier alpha value is -1.12. The molecule has 1 rings (SSSR count). The van der Waals surface area contributed by atoms with Crippen molar-refractivity contribution in [2.45, 2.75) is 20.0 Å². The van der Waals surface area contributed by atoms with Crippen molar-refractivity contribution < 1.29 is 4.74 Å². The van der Waals surface area contributed by atoms with Crippen LogP contribution in [0.4, 0.5) is 0 Å². The van der Waals surface area contributed by atoms with E-state index in [4.69, 9.17) is 4.74 Å². The maximum atomic E-state index is 5.61. The van der Waals surface area contributed by atoms with Gasteiger partial charge in [-0.05, 0) is 26.0 Å². The van der Waals surface area contributed by atoms with E-state index in [1.54, 1.807) is 0 Å². The second kappa shape index (κ2) is 7.20. The fraction of sp³-hybridized carbons (Fsp3) is 0.429. The molecule has 0 amide bonds. The summed E-state index contributed by atoms with van der Waals surface area (Å²) in [5.74, 6) is 0. The van der Waals surface area contributed by atoms with Gasteiger partial charge >= 0.3 is 0 Å². The van der Waals surface area contributed by atoms with Crippen molar-refractivity contribution in [1.82, 2.24) is 4.90 Å². The number of hydrogen-bond donors (Lipinski definition) is 0. The minimum atomic E-state index is 0.669. The maximum Gasteiger partial charge on any atom is 0.0992 e. The van der Waals surface area contributed by atoms with Gasteiger partial charge in [0.15, 0.2) is 0 Å². The lowest BCUT2D eigenvalue weighted by Crippen LogP contribution is -2.22. The Morgan fingerprint density at radius 3 is 2.62 bits per heavy atom. The smallest absolute Gasteiger partial charge is 0.0992 e. The molecule has 0 radical (unpaired) electrons. The minimum Gasteiger partial charge on any atom is -0.361 e. The van der Waals surface area contributed by atoms with Crippen molar-refractivity contribution in [3.63, 3.8) is 0 Å². The molecule has 2 heteroatoms. The second-order valence-corrected chi connectivity index (χ2v) is 4.25. The highest BCUT2D eigenvalue weighted by atomic mass is 16.5. The normalized spacial score (nSPS) is 10.7. The summed E-state index contributed by atoms with van der Waals surface area (Å²) in [6.45, 7) is 8.29. The molecule has 0 aliphatic heterocycles. The van der Waals surface area contributed by atoms with Crippen LogP contribution in [0.25, 0.3) is 0 Å². The van der Waals surface area contributed by atoms with Gasteiger partial charge in [0, 0.05) is 6.54 Å². The molecule has 2 nitrogen and oxygen atoms in total. The van der Waals surface area contributed by atoms with Gasteiger partial charge in [-0.2, -0.15) is 0 Å². The third-order valence-electron chi connectivity index (χ3n) is 2.34. The Morgan fingerprint density at radius 2 is 2.00 bits per heavy atom. The van der Waals surface area contributed by atoms with Crippen LogP contribution in [0.1, 0.15) is 18.9 Å². The van der Waals surface area contributed by atoms with Crippen molar-refractivity contribution in [1.29, 1.82) is 0 Å². The van der Waals surface area contributed by atoms with Crippen molar-refractivity contribution >= 4 is 0 Å². The first kappa shape index (κ1) is 12.9. The van der Waals surface area contributed by atoms with Crippen LogP contribution in [0.15, 0.2) is 42.5 Å². The van der Waals surface area contributed by atoms with Crippen LogP contribution in [0.2, 0.25) is 0 Å². The van der Waals surface area contributed by atoms with E-state index in [-0.39, 0.29) is 0 Å². The Morgan fingerprint density at radius 1 is 1.31 bits per heavy atom. The van der Waals surface area contributed by atoms with Crippen LogP contribution in [0.5, 0.6) is 0 Å². The van der Waals surface area contributed by atoms with Gasteiger partial charge in [0.25, 0.3) is 0 Å². The third kappa shape index (κ3) is 5.69. The Labute approximate surface area is 98.5 Å². The molecule has 0 heterocycles. The van der Waals surface area contributed by atoms with Gasteiger partial charge < -0.3 is 4.74 Å². The van der Waals surface area contributed by atoms with E-state index in [0.29, 0.717) is 13.3 Å². The van der Waals surface area contributed by atoms with Gasteiger partial charge in [0.05, 0.1) is 13.3 Å². The number of benzene rings is 1. The molecule has 0 aliphatic rings. The molecule has 0 fully saturated rings. The average molecular weight is 219 g/mol. The first-order chi connectivity index (χ1) is 7.68. The molecule has 0 aromatic heterocycles. The number of nitrogens with zero attached hydrogens (tertiary/aromatic N) is 1. The summed E-state index contributed by atoms with van der Waals surface area (Å²) >= 11 is 0. The van der Waals surface area contributed by atoms with Crippen molar-refractivity contribution in [2.75, 3.05) is 20.3 Å². The molecular formula is C14H21NO. The molecule has 0 bridgehead atoms. The molecule has 1 aromatic carbocycles. The second-order valence-electron chi connectivity index (χ2n) is 4.25. The fourth-order valence-corrected chi connectivity index (χ4v) is 1.34. The van der Waals surface area contributed by atoms with Crippen LogP contribution in [-0.4, -0.2) is 25.2 Å². The molecule has 1 aromatic rings. The lowest BCUT2D eigenvalue weighted by molar-refractivity contribution is 0.0329. The lowest BCUT2D eigenvalue weighted by Gasteiger charge is -2.16. The van der Waals surface area contributed by atoms with Crippen LogP contribution in [0.3, 0.4) is 0 Å². The molecule has 0 atom stereocenters. The highest BCUT2D eigenvalue weighted by Crippen LogP contribution is 2.02. The van der Waals surface area contributed by atoms with Crippen molar-refractivity contribution in [3.8, 4) is 0 Å². The molecule has 16 heavy (non-hydrogen) atoms. The van der Waals surface area contributed by atoms with E-state index < -0.39 is 0 Å². The monoisotopic (exact) mass is 219 g/mol. The van der Waals surface area contributed by atoms with Crippen LogP contribution < -0.4 is 0 Å². The maximum absolute atomic E-state index is 5.61. The van der Waals surface area contributed by atoms with E-state index in [1.807, 2.05) is 18.2 Å². The third-order valence-corrected chi connectivity index (χ3v) is 2.34. The van der Waals surface area contributed by atoms with E-state index in [0.717, 1.165) is 13.0 Å². The number of hydrogen-bond acceptors (Lipinski definition) is 2. The van der Waals surface area contributed by atoms with E-state index >= 15 is 0 Å². The largest absolute Gasteiger partial charge is 0.361 e. The topological polar surface area (TPSA) is 12.5 Å². The highest BCUT2D eigenvalue weighted by molar-refractivity contribution is 5.13. The van der Waals surface area contributed by atoms with Crippen LogP contribution >= 0.6 is 0 Å². The quantitative estimate of drug-likeness (QED) is 0.516. The molecule has 0 aliphatic carbocycles. The zero-order chi connectivity index (χ0) is 11.8. The minimum absolute atomic E-state index is 0.669. The van der Waals surface area contributed by atoms with Gasteiger partial charge in [0.1, 0.15) is 0 Å². The highest BCUT2D eigenvalue weighted by Gasteiger charge is 1.98. The van der Waals surface area contributed by atoms with Crippen molar-refractivity contribution in [3.05, 3.63) is 48.0 Å². The molecule has 0 N–H and O–H groups in total. The zero-order valence-electron chi connectivity index (χ0n) is 10.3. The van der Waals surface area contributed by atoms with E-state index in [9.17, 15) is 0 Å². The molecule has 88 valence electrons. The number of ether oxygens (including phenoxy) is 1. The summed E-state index contributed by atoms with van der Waals surface area (Å²) in [5.41, 5.74) is 2.44. The predicted molar refractivity (Wildman–Crippen MR) is 68.2 cm³/mol. The van der Waals surface area contributed by atoms with Crippen LogP contribution in [-0.2, 0) is 11.3 Å². The zero-order valence-corrected chi connectivity index (χ0v) is 10.3. The first-order valence-corrected chi connectivity index (χ1v) is 5.63. The van der Waals surface area contributed by atoms with Crippen molar-refractivity contribution in [2.24, 2.45) is 0 Å². The van der Waals surface area contributed by atoms with Gasteiger partial charge in [-0.3, -0.25) is 4.90 Å². The first-order valence-electron chi connectivity index (χ1n) is 5.63. The predicted octanol–water partition coefficient (Wildman–Crippen LogP) is 3.06. The van der Waals surface area contributed by atoms with Gasteiger partial charge in [0.2, 0.25) is 0 Å². The van der Waals surface area contributed by atoms with Gasteiger partial charge in [-0.1, -0.05) is 35.9 Å². The lowest BCUT2D eigenvalue weighted by atomic mass is 10.2. The van der Waals surface area contributed by atoms with Crippen LogP contribution in [0, 0.1) is 0 Å².